The Morgan fingerprint density at radius 3 is 2.37 bits per heavy atom. The largest absolute Gasteiger partial charge is 0.748 e. The van der Waals surface area contributed by atoms with Crippen molar-refractivity contribution in [3.8, 4) is 0 Å². The average molecular weight is 629 g/mol. The monoisotopic (exact) mass is 628 g/mol. The van der Waals surface area contributed by atoms with E-state index in [1.165, 1.54) is 0 Å². The lowest BCUT2D eigenvalue weighted by atomic mass is 9.39. The van der Waals surface area contributed by atoms with Gasteiger partial charge in [-0.15, -0.1) is 0 Å². The van der Waals surface area contributed by atoms with Crippen molar-refractivity contribution in [3.05, 3.63) is 0 Å². The number of nitrogens with one attached hydrogen (secondary N) is 1. The van der Waals surface area contributed by atoms with Crippen LogP contribution in [0.2, 0.25) is 0 Å². The maximum atomic E-state index is 12.7. The molecule has 9 nitrogen and oxygen atoms in total. The first kappa shape index (κ1) is 35.1. The van der Waals surface area contributed by atoms with Crippen LogP contribution in [0.3, 0.4) is 0 Å². The summed E-state index contributed by atoms with van der Waals surface area (Å²) < 4.78 is 33.2. The van der Waals surface area contributed by atoms with Crippen molar-refractivity contribution >= 4 is 16.0 Å². The van der Waals surface area contributed by atoms with Crippen LogP contribution in [-0.2, 0) is 14.9 Å². The lowest BCUT2D eigenvalue weighted by molar-refractivity contribution is -0.890. The summed E-state index contributed by atoms with van der Waals surface area (Å²) in [5, 5.41) is 37.0. The Labute approximate surface area is 260 Å². The minimum atomic E-state index is -4.18. The van der Waals surface area contributed by atoms with Gasteiger partial charge < -0.3 is 29.7 Å². The second kappa shape index (κ2) is 12.8. The molecule has 0 spiro atoms. The minimum Gasteiger partial charge on any atom is -0.748 e. The highest BCUT2D eigenvalue weighted by Gasteiger charge is 2.68. The number of hydrogen-bond acceptors (Lipinski definition) is 7. The maximum absolute atomic E-state index is 12.7. The van der Waals surface area contributed by atoms with Crippen molar-refractivity contribution < 1.29 is 37.6 Å². The van der Waals surface area contributed by atoms with Crippen molar-refractivity contribution in [1.82, 2.24) is 5.32 Å². The second-order valence-electron chi connectivity index (χ2n) is 16.5. The Balaban J connectivity index is 1.29. The highest BCUT2D eigenvalue weighted by Crippen LogP contribution is 2.71. The molecule has 4 unspecified atom stereocenters. The normalized spacial score (nSPS) is 42.0. The van der Waals surface area contributed by atoms with E-state index in [-0.39, 0.29) is 57.7 Å². The Bertz CT molecular complexity index is 1100. The van der Waals surface area contributed by atoms with E-state index in [0.29, 0.717) is 42.8 Å². The van der Waals surface area contributed by atoms with Crippen LogP contribution in [0.4, 0.5) is 0 Å². The van der Waals surface area contributed by atoms with Gasteiger partial charge in [0.2, 0.25) is 5.91 Å². The van der Waals surface area contributed by atoms with E-state index in [1.54, 1.807) is 0 Å². The number of rotatable bonds is 12. The molecule has 0 radical (unpaired) electrons. The van der Waals surface area contributed by atoms with E-state index in [1.807, 2.05) is 14.1 Å². The Kier molecular flexibility index (Phi) is 10.4. The standard InChI is InChI=1S/C33H60N2O7S/c1-22(9-12-29(39)34-15-7-16-35(5,6)17-8-18-43(40,41)42)24-10-11-25-30-26(19-28(38)33(24,25)4)32(3)14-13-23(36)20-31(32,2)21-27(30)37/h22-28,30,36-38H,7-21H2,1-6H3,(H-,34,39,40,41,42)/t22?,23-,24-,25?,26?,27-,28+,30?,31+,32-,33-/m1/s1. The Hall–Kier alpha value is -0.780. The van der Waals surface area contributed by atoms with Gasteiger partial charge in [-0.3, -0.25) is 4.79 Å². The average Bonchev–Trinajstić information content (AvgIpc) is 3.24. The van der Waals surface area contributed by atoms with Gasteiger partial charge in [-0.25, -0.2) is 8.42 Å². The van der Waals surface area contributed by atoms with E-state index in [2.05, 4.69) is 33.0 Å². The van der Waals surface area contributed by atoms with Crippen molar-refractivity contribution in [2.45, 2.75) is 117 Å². The van der Waals surface area contributed by atoms with Crippen molar-refractivity contribution in [1.29, 1.82) is 0 Å². The van der Waals surface area contributed by atoms with E-state index in [4.69, 9.17) is 0 Å². The number of nitrogens with zero attached hydrogens (tertiary/aromatic N) is 1. The maximum Gasteiger partial charge on any atom is 0.220 e. The smallest absolute Gasteiger partial charge is 0.220 e. The summed E-state index contributed by atoms with van der Waals surface area (Å²) >= 11 is 0. The molecule has 4 fully saturated rings. The van der Waals surface area contributed by atoms with Crippen LogP contribution in [-0.4, -0.2) is 96.5 Å². The zero-order chi connectivity index (χ0) is 32.0. The molecule has 1 amide bonds. The first-order valence-corrected chi connectivity index (χ1v) is 18.5. The number of quaternary nitrogens is 1. The number of aliphatic hydroxyl groups is 3. The highest BCUT2D eigenvalue weighted by atomic mass is 32.2. The molecule has 0 heterocycles. The summed E-state index contributed by atoms with van der Waals surface area (Å²) in [5.41, 5.74) is -0.385. The van der Waals surface area contributed by atoms with Gasteiger partial charge >= 0.3 is 0 Å². The third-order valence-corrected chi connectivity index (χ3v) is 14.2. The van der Waals surface area contributed by atoms with Crippen molar-refractivity contribution in [2.24, 2.45) is 45.8 Å². The van der Waals surface area contributed by atoms with Crippen molar-refractivity contribution in [3.63, 3.8) is 0 Å². The molecule has 250 valence electrons. The predicted octanol–water partition coefficient (Wildman–Crippen LogP) is 3.27. The van der Waals surface area contributed by atoms with E-state index in [0.717, 1.165) is 57.9 Å². The fourth-order valence-electron chi connectivity index (χ4n) is 10.7. The molecule has 0 saturated heterocycles. The van der Waals surface area contributed by atoms with Crippen LogP contribution < -0.4 is 5.32 Å². The minimum absolute atomic E-state index is 0.00583. The third kappa shape index (κ3) is 7.14. The summed E-state index contributed by atoms with van der Waals surface area (Å²) in [6.07, 6.45) is 7.12. The van der Waals surface area contributed by atoms with Crippen LogP contribution in [0.5, 0.6) is 0 Å². The molecule has 4 rings (SSSR count). The summed E-state index contributed by atoms with van der Waals surface area (Å²) in [5.74, 6) is 0.978. The second-order valence-corrected chi connectivity index (χ2v) is 18.0. The topological polar surface area (TPSA) is 147 Å². The van der Waals surface area contributed by atoms with E-state index < -0.39 is 22.3 Å². The predicted molar refractivity (Wildman–Crippen MR) is 166 cm³/mol. The molecule has 0 aromatic heterocycles. The van der Waals surface area contributed by atoms with Gasteiger partial charge in [0.25, 0.3) is 0 Å². The van der Waals surface area contributed by atoms with E-state index in [9.17, 15) is 33.1 Å². The third-order valence-electron chi connectivity index (χ3n) is 13.4. The zero-order valence-corrected chi connectivity index (χ0v) is 28.4. The van der Waals surface area contributed by atoms with Gasteiger partial charge in [-0.2, -0.15) is 0 Å². The molecular formula is C33H60N2O7S. The lowest BCUT2D eigenvalue weighted by Gasteiger charge is -2.67. The van der Waals surface area contributed by atoms with Crippen LogP contribution in [0.15, 0.2) is 0 Å². The number of carbonyl (C=O) groups excluding carboxylic acids is 1. The molecule has 4 aliphatic rings. The van der Waals surface area contributed by atoms with Crippen LogP contribution in [0.25, 0.3) is 0 Å². The summed E-state index contributed by atoms with van der Waals surface area (Å²) in [6, 6.07) is 0. The Morgan fingerprint density at radius 1 is 1.02 bits per heavy atom. The lowest BCUT2D eigenvalue weighted by Crippen LogP contribution is -2.65. The van der Waals surface area contributed by atoms with Gasteiger partial charge in [-0.05, 0) is 97.2 Å². The molecular weight excluding hydrogens is 568 g/mol. The SMILES string of the molecule is CC(CCC(=O)NCCC[N+](C)(C)CCCS(=O)(=O)[O-])[C@H]1CCC2C3C(C[C@H](O)[C@@]21C)[C@@]1(C)CC[C@@H](O)C[C@@]1(C)C[C@H]3O. The number of carbonyl (C=O) groups is 1. The quantitative estimate of drug-likeness (QED) is 0.147. The van der Waals surface area contributed by atoms with Crippen molar-refractivity contribution in [2.75, 3.05) is 39.5 Å². The van der Waals surface area contributed by atoms with Crippen LogP contribution in [0.1, 0.15) is 98.3 Å². The fraction of sp³-hybridized carbons (Fsp3) is 0.970. The molecule has 11 atom stereocenters. The van der Waals surface area contributed by atoms with E-state index >= 15 is 0 Å². The summed E-state index contributed by atoms with van der Waals surface area (Å²) in [6.45, 7) is 11.0. The van der Waals surface area contributed by atoms with Crippen LogP contribution >= 0.6 is 0 Å². The number of amides is 1. The molecule has 0 aromatic rings. The number of hydrogen-bond donors (Lipinski definition) is 4. The van der Waals surface area contributed by atoms with Crippen LogP contribution in [0, 0.1) is 45.8 Å². The molecule has 43 heavy (non-hydrogen) atoms. The molecule has 4 N–H and O–H groups in total. The zero-order valence-electron chi connectivity index (χ0n) is 27.6. The molecule has 0 aliphatic heterocycles. The first-order valence-electron chi connectivity index (χ1n) is 16.9. The molecule has 4 saturated carbocycles. The van der Waals surface area contributed by atoms with Gasteiger partial charge in [0.1, 0.15) is 0 Å². The molecule has 10 heteroatoms. The highest BCUT2D eigenvalue weighted by molar-refractivity contribution is 7.85. The summed E-state index contributed by atoms with van der Waals surface area (Å²) in [4.78, 5) is 12.7. The first-order chi connectivity index (χ1) is 19.8. The summed E-state index contributed by atoms with van der Waals surface area (Å²) in [7, 11) is -0.179. The number of aliphatic hydroxyl groups excluding tert-OH is 3. The molecule has 0 bridgehead atoms. The molecule has 0 aromatic carbocycles. The number of fused-ring (bicyclic) bond motifs is 5. The van der Waals surface area contributed by atoms with Gasteiger partial charge in [0.05, 0.1) is 55.6 Å². The van der Waals surface area contributed by atoms with Gasteiger partial charge in [0, 0.05) is 31.6 Å². The fourth-order valence-corrected chi connectivity index (χ4v) is 11.2. The molecule has 4 aliphatic carbocycles. The Morgan fingerprint density at radius 2 is 1.70 bits per heavy atom. The van der Waals surface area contributed by atoms with Gasteiger partial charge in [0.15, 0.2) is 0 Å². The van der Waals surface area contributed by atoms with Gasteiger partial charge in [-0.1, -0.05) is 27.7 Å².